The number of aldehydes is 1. The molecular formula is C12H10N2O. The van der Waals surface area contributed by atoms with E-state index < -0.39 is 0 Å². The number of aromatic nitrogens is 1. The fourth-order valence-electron chi connectivity index (χ4n) is 1.46. The van der Waals surface area contributed by atoms with E-state index in [1.165, 1.54) is 0 Å². The van der Waals surface area contributed by atoms with Gasteiger partial charge in [0.05, 0.1) is 0 Å². The Bertz CT molecular complexity index is 494. The van der Waals surface area contributed by atoms with Gasteiger partial charge in [-0.25, -0.2) is 0 Å². The van der Waals surface area contributed by atoms with Crippen LogP contribution in [0.5, 0.6) is 0 Å². The van der Waals surface area contributed by atoms with Crippen molar-refractivity contribution in [2.24, 2.45) is 0 Å². The van der Waals surface area contributed by atoms with Crippen molar-refractivity contribution in [2.75, 3.05) is 5.73 Å². The van der Waals surface area contributed by atoms with Crippen molar-refractivity contribution in [3.63, 3.8) is 0 Å². The molecule has 0 saturated heterocycles. The molecule has 2 aromatic rings. The summed E-state index contributed by atoms with van der Waals surface area (Å²) in [5.41, 5.74) is 8.69. The number of hydrogen-bond acceptors (Lipinski definition) is 3. The molecule has 0 fully saturated rings. The SMILES string of the molecule is Nc1cccc(-c2cnccc2C=O)c1. The van der Waals surface area contributed by atoms with Crippen molar-refractivity contribution in [2.45, 2.75) is 0 Å². The molecule has 1 aromatic heterocycles. The first-order valence-electron chi connectivity index (χ1n) is 4.56. The molecule has 0 spiro atoms. The number of hydrogen-bond donors (Lipinski definition) is 1. The zero-order valence-electron chi connectivity index (χ0n) is 8.05. The smallest absolute Gasteiger partial charge is 0.150 e. The van der Waals surface area contributed by atoms with E-state index in [-0.39, 0.29) is 0 Å². The molecule has 0 aliphatic carbocycles. The van der Waals surface area contributed by atoms with E-state index in [0.29, 0.717) is 11.3 Å². The second-order valence-corrected chi connectivity index (χ2v) is 3.21. The largest absolute Gasteiger partial charge is 0.399 e. The molecule has 0 amide bonds. The number of carbonyl (C=O) groups is 1. The predicted molar refractivity (Wildman–Crippen MR) is 59.5 cm³/mol. The van der Waals surface area contributed by atoms with Crippen LogP contribution in [-0.4, -0.2) is 11.3 Å². The molecule has 0 atom stereocenters. The van der Waals surface area contributed by atoms with Gasteiger partial charge in [-0.1, -0.05) is 12.1 Å². The first-order chi connectivity index (χ1) is 7.31. The van der Waals surface area contributed by atoms with Crippen LogP contribution in [0.1, 0.15) is 10.4 Å². The summed E-state index contributed by atoms with van der Waals surface area (Å²) < 4.78 is 0. The van der Waals surface area contributed by atoms with Crippen LogP contribution in [0.25, 0.3) is 11.1 Å². The monoisotopic (exact) mass is 198 g/mol. The van der Waals surface area contributed by atoms with E-state index >= 15 is 0 Å². The zero-order chi connectivity index (χ0) is 10.7. The highest BCUT2D eigenvalue weighted by Crippen LogP contribution is 2.23. The molecule has 0 bridgehead atoms. The lowest BCUT2D eigenvalue weighted by molar-refractivity contribution is 0.112. The van der Waals surface area contributed by atoms with Gasteiger partial charge in [0.25, 0.3) is 0 Å². The number of nitrogens with zero attached hydrogens (tertiary/aromatic N) is 1. The summed E-state index contributed by atoms with van der Waals surface area (Å²) in [5, 5.41) is 0. The van der Waals surface area contributed by atoms with Gasteiger partial charge < -0.3 is 5.73 Å². The van der Waals surface area contributed by atoms with Crippen LogP contribution in [0, 0.1) is 0 Å². The second-order valence-electron chi connectivity index (χ2n) is 3.21. The summed E-state index contributed by atoms with van der Waals surface area (Å²) in [4.78, 5) is 14.8. The fourth-order valence-corrected chi connectivity index (χ4v) is 1.46. The van der Waals surface area contributed by atoms with Gasteiger partial charge in [0.2, 0.25) is 0 Å². The molecule has 15 heavy (non-hydrogen) atoms. The average Bonchev–Trinajstić information content (AvgIpc) is 2.29. The highest BCUT2D eigenvalue weighted by molar-refractivity contribution is 5.87. The van der Waals surface area contributed by atoms with Crippen LogP contribution in [-0.2, 0) is 0 Å². The fraction of sp³-hybridized carbons (Fsp3) is 0. The Hall–Kier alpha value is -2.16. The van der Waals surface area contributed by atoms with Crippen LogP contribution in [0.4, 0.5) is 5.69 Å². The minimum absolute atomic E-state index is 0.621. The average molecular weight is 198 g/mol. The van der Waals surface area contributed by atoms with Crippen LogP contribution >= 0.6 is 0 Å². The maximum atomic E-state index is 10.8. The Kier molecular flexibility index (Phi) is 2.46. The molecule has 0 aliphatic rings. The molecule has 0 unspecified atom stereocenters. The van der Waals surface area contributed by atoms with Crippen LogP contribution in [0.3, 0.4) is 0 Å². The summed E-state index contributed by atoms with van der Waals surface area (Å²) in [7, 11) is 0. The maximum Gasteiger partial charge on any atom is 0.150 e. The van der Waals surface area contributed by atoms with Gasteiger partial charge in [-0.15, -0.1) is 0 Å². The lowest BCUT2D eigenvalue weighted by Crippen LogP contribution is -1.90. The van der Waals surface area contributed by atoms with Crippen molar-refractivity contribution < 1.29 is 4.79 Å². The Morgan fingerprint density at radius 1 is 1.27 bits per heavy atom. The summed E-state index contributed by atoms with van der Waals surface area (Å²) >= 11 is 0. The number of pyridine rings is 1. The number of carbonyl (C=O) groups excluding carboxylic acids is 1. The van der Waals surface area contributed by atoms with Gasteiger partial charge in [0.15, 0.2) is 6.29 Å². The standard InChI is InChI=1S/C12H10N2O/c13-11-3-1-2-9(6-11)12-7-14-5-4-10(12)8-15/h1-8H,13H2. The third kappa shape index (κ3) is 1.86. The van der Waals surface area contributed by atoms with Crippen LogP contribution in [0.15, 0.2) is 42.7 Å². The topological polar surface area (TPSA) is 56.0 Å². The lowest BCUT2D eigenvalue weighted by atomic mass is 10.0. The minimum atomic E-state index is 0.621. The van der Waals surface area contributed by atoms with E-state index in [1.54, 1.807) is 24.5 Å². The Morgan fingerprint density at radius 2 is 2.13 bits per heavy atom. The maximum absolute atomic E-state index is 10.8. The summed E-state index contributed by atoms with van der Waals surface area (Å²) in [5.74, 6) is 0. The third-order valence-electron chi connectivity index (χ3n) is 2.18. The first kappa shape index (κ1) is 9.40. The highest BCUT2D eigenvalue weighted by Gasteiger charge is 2.03. The molecule has 0 saturated carbocycles. The Balaban J connectivity index is 2.58. The molecule has 0 aliphatic heterocycles. The first-order valence-corrected chi connectivity index (χ1v) is 4.56. The predicted octanol–water partition coefficient (Wildman–Crippen LogP) is 2.14. The van der Waals surface area contributed by atoms with Gasteiger partial charge in [-0.05, 0) is 23.8 Å². The molecule has 3 heteroatoms. The third-order valence-corrected chi connectivity index (χ3v) is 2.18. The van der Waals surface area contributed by atoms with E-state index in [9.17, 15) is 4.79 Å². The minimum Gasteiger partial charge on any atom is -0.399 e. The molecule has 0 radical (unpaired) electrons. The van der Waals surface area contributed by atoms with E-state index in [1.807, 2.05) is 18.2 Å². The molecule has 2 rings (SSSR count). The van der Waals surface area contributed by atoms with Gasteiger partial charge in [-0.2, -0.15) is 0 Å². The van der Waals surface area contributed by atoms with Crippen LogP contribution in [0.2, 0.25) is 0 Å². The molecule has 74 valence electrons. The number of nitrogen functional groups attached to an aromatic ring is 1. The van der Waals surface area contributed by atoms with E-state index in [4.69, 9.17) is 5.73 Å². The molecular weight excluding hydrogens is 188 g/mol. The molecule has 3 nitrogen and oxygen atoms in total. The quantitative estimate of drug-likeness (QED) is 0.594. The molecule has 2 N–H and O–H groups in total. The number of rotatable bonds is 2. The van der Waals surface area contributed by atoms with Crippen molar-refractivity contribution in [3.05, 3.63) is 48.3 Å². The van der Waals surface area contributed by atoms with Gasteiger partial charge in [0.1, 0.15) is 0 Å². The second kappa shape index (κ2) is 3.92. The van der Waals surface area contributed by atoms with Crippen molar-refractivity contribution in [3.8, 4) is 11.1 Å². The lowest BCUT2D eigenvalue weighted by Gasteiger charge is -2.04. The normalized spacial score (nSPS) is 9.87. The molecule has 1 heterocycles. The van der Waals surface area contributed by atoms with Crippen molar-refractivity contribution >= 4 is 12.0 Å². The van der Waals surface area contributed by atoms with E-state index in [0.717, 1.165) is 17.4 Å². The van der Waals surface area contributed by atoms with Crippen molar-refractivity contribution in [1.82, 2.24) is 4.98 Å². The highest BCUT2D eigenvalue weighted by atomic mass is 16.1. The Morgan fingerprint density at radius 3 is 2.87 bits per heavy atom. The van der Waals surface area contributed by atoms with Gasteiger partial charge in [-0.3, -0.25) is 9.78 Å². The van der Waals surface area contributed by atoms with Gasteiger partial charge >= 0.3 is 0 Å². The Labute approximate surface area is 87.6 Å². The molecule has 1 aromatic carbocycles. The summed E-state index contributed by atoms with van der Waals surface area (Å²) in [6.45, 7) is 0. The van der Waals surface area contributed by atoms with Crippen LogP contribution < -0.4 is 5.73 Å². The number of anilines is 1. The summed E-state index contributed by atoms with van der Waals surface area (Å²) in [6, 6.07) is 9.07. The van der Waals surface area contributed by atoms with Crippen molar-refractivity contribution in [1.29, 1.82) is 0 Å². The van der Waals surface area contributed by atoms with Gasteiger partial charge in [0, 0.05) is 29.2 Å². The number of nitrogens with two attached hydrogens (primary N) is 1. The zero-order valence-corrected chi connectivity index (χ0v) is 8.05. The number of benzene rings is 1. The van der Waals surface area contributed by atoms with E-state index in [2.05, 4.69) is 4.98 Å². The summed E-state index contributed by atoms with van der Waals surface area (Å²) in [6.07, 6.45) is 4.08.